The topological polar surface area (TPSA) is 158 Å². The lowest BCUT2D eigenvalue weighted by Crippen LogP contribution is -1.98. The Kier molecular flexibility index (Phi) is 6.05. The average Bonchev–Trinajstić information content (AvgIpc) is 2.57. The van der Waals surface area contributed by atoms with Gasteiger partial charge < -0.3 is 0 Å². The highest BCUT2D eigenvalue weighted by Gasteiger charge is 2.08. The summed E-state index contributed by atoms with van der Waals surface area (Å²) in [7, 11) is -8.46. The molecule has 0 radical (unpaired) electrons. The highest BCUT2D eigenvalue weighted by Crippen LogP contribution is 2.14. The van der Waals surface area contributed by atoms with Crippen LogP contribution in [0, 0.1) is 0 Å². The first kappa shape index (κ1) is 19.5. The first-order chi connectivity index (χ1) is 12.2. The minimum absolute atomic E-state index is 0.224. The average molecular weight is 398 g/mol. The van der Waals surface area contributed by atoms with Gasteiger partial charge in [-0.25, -0.2) is 0 Å². The van der Waals surface area contributed by atoms with Gasteiger partial charge in [0.05, 0.1) is 33.6 Å². The Morgan fingerprint density at radius 2 is 0.962 bits per heavy atom. The fourth-order valence-corrected chi connectivity index (χ4v) is 2.65. The molecule has 138 valence electrons. The van der Waals surface area contributed by atoms with E-state index in [1.54, 1.807) is 0 Å². The third kappa shape index (κ3) is 5.93. The van der Waals surface area contributed by atoms with Gasteiger partial charge in [0, 0.05) is 0 Å². The summed E-state index contributed by atoms with van der Waals surface area (Å²) in [6.07, 6.45) is 2.63. The first-order valence-corrected chi connectivity index (χ1v) is 9.76. The molecule has 0 saturated heterocycles. The van der Waals surface area contributed by atoms with Crippen LogP contribution in [0.1, 0.15) is 0 Å². The number of hydrogen-bond donors (Lipinski definition) is 4. The molecule has 12 heteroatoms. The Bertz CT molecular complexity index is 929. The normalized spacial score (nSPS) is 12.5. The van der Waals surface area contributed by atoms with Gasteiger partial charge in [-0.05, 0) is 48.5 Å². The fraction of sp³-hybridized carbons (Fsp3) is 0. The number of rotatable bonds is 7. The van der Waals surface area contributed by atoms with Crippen LogP contribution in [0.25, 0.3) is 0 Å². The van der Waals surface area contributed by atoms with E-state index in [2.05, 4.69) is 21.1 Å². The van der Waals surface area contributed by atoms with Gasteiger partial charge in [0.2, 0.25) is 0 Å². The maximum atomic E-state index is 10.9. The Hall–Kier alpha value is -2.80. The van der Waals surface area contributed by atoms with Crippen LogP contribution in [-0.4, -0.2) is 38.4 Å². The zero-order chi connectivity index (χ0) is 19.2. The van der Waals surface area contributed by atoms with Crippen molar-refractivity contribution in [1.29, 1.82) is 0 Å². The molecule has 0 heterocycles. The molecule has 2 rings (SSSR count). The first-order valence-electron chi connectivity index (χ1n) is 6.88. The summed E-state index contributed by atoms with van der Waals surface area (Å²) in [6, 6.07) is 10.6. The standard InChI is InChI=1S/C14H14N4O6S2/c19-25(20,21)13-5-1-11(2-6-13)17-15-9-10-16-18-12-3-7-14(8-4-12)26(22,23)24/h1-10,17-18H,(H,19,20,21)(H,22,23,24). The van der Waals surface area contributed by atoms with Crippen LogP contribution in [0.3, 0.4) is 0 Å². The predicted molar refractivity (Wildman–Crippen MR) is 96.7 cm³/mol. The second-order valence-corrected chi connectivity index (χ2v) is 7.62. The van der Waals surface area contributed by atoms with E-state index < -0.39 is 20.2 Å². The lowest BCUT2D eigenvalue weighted by molar-refractivity contribution is 0.481. The largest absolute Gasteiger partial charge is 0.294 e. The Labute approximate surface area is 149 Å². The number of anilines is 2. The molecule has 2 aromatic carbocycles. The molecular formula is C14H14N4O6S2. The van der Waals surface area contributed by atoms with E-state index in [1.165, 1.54) is 61.0 Å². The molecule has 0 aliphatic rings. The summed E-state index contributed by atoms with van der Waals surface area (Å²) in [5.74, 6) is 0. The Morgan fingerprint density at radius 1 is 0.654 bits per heavy atom. The fourth-order valence-electron chi connectivity index (χ4n) is 1.69. The molecule has 0 aliphatic heterocycles. The molecule has 0 aromatic heterocycles. The quantitative estimate of drug-likeness (QED) is 0.311. The molecular weight excluding hydrogens is 384 g/mol. The van der Waals surface area contributed by atoms with Gasteiger partial charge in [-0.3, -0.25) is 20.0 Å². The second kappa shape index (κ2) is 8.05. The van der Waals surface area contributed by atoms with E-state index in [4.69, 9.17) is 9.11 Å². The lowest BCUT2D eigenvalue weighted by atomic mass is 10.3. The SMILES string of the molecule is O=S(=O)(O)c1ccc(NN=CC=NNc2ccc(S(=O)(=O)O)cc2)cc1. The van der Waals surface area contributed by atoms with Crippen LogP contribution in [0.5, 0.6) is 0 Å². The van der Waals surface area contributed by atoms with E-state index in [1.807, 2.05) is 0 Å². The monoisotopic (exact) mass is 398 g/mol. The van der Waals surface area contributed by atoms with Gasteiger partial charge in [-0.2, -0.15) is 27.0 Å². The molecule has 0 spiro atoms. The van der Waals surface area contributed by atoms with Crippen molar-refractivity contribution >= 4 is 44.0 Å². The van der Waals surface area contributed by atoms with Crippen molar-refractivity contribution in [3.8, 4) is 0 Å². The molecule has 10 nitrogen and oxygen atoms in total. The molecule has 0 fully saturated rings. The zero-order valence-corrected chi connectivity index (χ0v) is 14.6. The molecule has 0 saturated carbocycles. The van der Waals surface area contributed by atoms with Crippen molar-refractivity contribution in [2.75, 3.05) is 10.9 Å². The van der Waals surface area contributed by atoms with Gasteiger partial charge in [0.15, 0.2) is 0 Å². The number of hydrazone groups is 2. The van der Waals surface area contributed by atoms with Gasteiger partial charge in [-0.1, -0.05) is 0 Å². The minimum atomic E-state index is -4.23. The van der Waals surface area contributed by atoms with Gasteiger partial charge in [0.1, 0.15) is 0 Å². The molecule has 0 amide bonds. The minimum Gasteiger partial charge on any atom is -0.282 e. The van der Waals surface area contributed by atoms with Crippen LogP contribution in [0.15, 0.2) is 68.5 Å². The molecule has 2 aromatic rings. The highest BCUT2D eigenvalue weighted by atomic mass is 32.2. The molecule has 26 heavy (non-hydrogen) atoms. The third-order valence-electron chi connectivity index (χ3n) is 2.91. The van der Waals surface area contributed by atoms with Gasteiger partial charge in [0.25, 0.3) is 20.2 Å². The lowest BCUT2D eigenvalue weighted by Gasteiger charge is -2.01. The van der Waals surface area contributed by atoms with Crippen LogP contribution in [-0.2, 0) is 20.2 Å². The summed E-state index contributed by atoms with van der Waals surface area (Å²) < 4.78 is 61.3. The Morgan fingerprint density at radius 3 is 1.23 bits per heavy atom. The summed E-state index contributed by atoms with van der Waals surface area (Å²) in [5.41, 5.74) is 6.24. The third-order valence-corrected chi connectivity index (χ3v) is 4.64. The van der Waals surface area contributed by atoms with Crippen molar-refractivity contribution < 1.29 is 25.9 Å². The summed E-state index contributed by atoms with van der Waals surface area (Å²) in [5, 5.41) is 7.64. The molecule has 0 bridgehead atoms. The van der Waals surface area contributed by atoms with Crippen molar-refractivity contribution in [2.24, 2.45) is 10.2 Å². The van der Waals surface area contributed by atoms with E-state index in [0.717, 1.165) is 0 Å². The molecule has 0 aliphatic carbocycles. The van der Waals surface area contributed by atoms with Gasteiger partial charge >= 0.3 is 0 Å². The smallest absolute Gasteiger partial charge is 0.282 e. The maximum absolute atomic E-state index is 10.9. The molecule has 0 atom stereocenters. The van der Waals surface area contributed by atoms with Crippen LogP contribution in [0.4, 0.5) is 11.4 Å². The van der Waals surface area contributed by atoms with Gasteiger partial charge in [-0.15, -0.1) is 0 Å². The van der Waals surface area contributed by atoms with Crippen molar-refractivity contribution in [1.82, 2.24) is 0 Å². The van der Waals surface area contributed by atoms with Crippen molar-refractivity contribution in [3.05, 3.63) is 48.5 Å². The van der Waals surface area contributed by atoms with Crippen LogP contribution in [0.2, 0.25) is 0 Å². The maximum Gasteiger partial charge on any atom is 0.294 e. The summed E-state index contributed by atoms with van der Waals surface area (Å²) in [6.45, 7) is 0. The number of nitrogens with zero attached hydrogens (tertiary/aromatic N) is 2. The number of nitrogens with one attached hydrogen (secondary N) is 2. The predicted octanol–water partition coefficient (Wildman–Crippen LogP) is 1.68. The van der Waals surface area contributed by atoms with Crippen molar-refractivity contribution in [3.63, 3.8) is 0 Å². The Balaban J connectivity index is 1.85. The zero-order valence-electron chi connectivity index (χ0n) is 13.0. The number of hydrogen-bond acceptors (Lipinski definition) is 8. The van der Waals surface area contributed by atoms with Crippen LogP contribution >= 0.6 is 0 Å². The summed E-state index contributed by atoms with van der Waals surface area (Å²) in [4.78, 5) is -0.449. The van der Waals surface area contributed by atoms with Crippen molar-refractivity contribution in [2.45, 2.75) is 9.79 Å². The van der Waals surface area contributed by atoms with E-state index in [-0.39, 0.29) is 9.79 Å². The highest BCUT2D eigenvalue weighted by molar-refractivity contribution is 7.86. The van der Waals surface area contributed by atoms with E-state index in [0.29, 0.717) is 11.4 Å². The molecule has 0 unspecified atom stereocenters. The number of benzene rings is 2. The van der Waals surface area contributed by atoms with Crippen LogP contribution < -0.4 is 10.9 Å². The molecule has 4 N–H and O–H groups in total. The van der Waals surface area contributed by atoms with E-state index in [9.17, 15) is 16.8 Å². The second-order valence-electron chi connectivity index (χ2n) is 4.78. The summed E-state index contributed by atoms with van der Waals surface area (Å²) >= 11 is 0. The van der Waals surface area contributed by atoms with E-state index >= 15 is 0 Å².